The van der Waals surface area contributed by atoms with E-state index in [2.05, 4.69) is 10.1 Å². The highest BCUT2D eigenvalue weighted by Gasteiger charge is 2.36. The fourth-order valence-electron chi connectivity index (χ4n) is 3.53. The Morgan fingerprint density at radius 1 is 0.970 bits per heavy atom. The molecule has 1 aliphatic rings. The molecule has 0 aromatic heterocycles. The van der Waals surface area contributed by atoms with Crippen LogP contribution in [-0.4, -0.2) is 60.4 Å². The monoisotopic (exact) mass is 471 g/mol. The highest BCUT2D eigenvalue weighted by atomic mass is 19.4. The molecule has 0 aliphatic carbocycles. The van der Waals surface area contributed by atoms with Crippen molar-refractivity contribution in [2.75, 3.05) is 31.5 Å². The lowest BCUT2D eigenvalue weighted by Crippen LogP contribution is -2.54. The lowest BCUT2D eigenvalue weighted by molar-refractivity contribution is -0.138. The summed E-state index contributed by atoms with van der Waals surface area (Å²) in [5, 5.41) is 2.67. The minimum Gasteiger partial charge on any atom is -0.435 e. The van der Waals surface area contributed by atoms with Gasteiger partial charge in [-0.15, -0.1) is 0 Å². The maximum atomic E-state index is 13.2. The largest absolute Gasteiger partial charge is 0.435 e. The number of hydrogen-bond acceptors (Lipinski definition) is 4. The Balaban J connectivity index is 1.56. The topological polar surface area (TPSA) is 61.9 Å². The second kappa shape index (κ2) is 10.2. The number of nitrogens with zero attached hydrogens (tertiary/aromatic N) is 2. The van der Waals surface area contributed by atoms with E-state index in [4.69, 9.17) is 0 Å². The Bertz CT molecular complexity index is 974. The van der Waals surface area contributed by atoms with Crippen molar-refractivity contribution in [1.82, 2.24) is 9.80 Å². The number of nitrogens with one attached hydrogen (secondary N) is 1. The molecule has 33 heavy (non-hydrogen) atoms. The van der Waals surface area contributed by atoms with Crippen molar-refractivity contribution in [1.29, 1.82) is 0 Å². The van der Waals surface area contributed by atoms with Crippen LogP contribution in [0, 0.1) is 0 Å². The van der Waals surface area contributed by atoms with E-state index in [1.807, 2.05) is 4.90 Å². The number of hydrogen-bond donors (Lipinski definition) is 1. The maximum absolute atomic E-state index is 13.2. The van der Waals surface area contributed by atoms with Crippen LogP contribution in [0.1, 0.15) is 22.8 Å². The van der Waals surface area contributed by atoms with Gasteiger partial charge in [0, 0.05) is 31.9 Å². The van der Waals surface area contributed by atoms with Crippen LogP contribution in [0.15, 0.2) is 48.5 Å². The molecule has 11 heteroatoms. The molecular weight excluding hydrogens is 449 g/mol. The zero-order valence-corrected chi connectivity index (χ0v) is 17.6. The lowest BCUT2D eigenvalue weighted by Gasteiger charge is -2.37. The van der Waals surface area contributed by atoms with E-state index in [0.717, 1.165) is 12.1 Å². The second-order valence-corrected chi connectivity index (χ2v) is 7.44. The predicted molar refractivity (Wildman–Crippen MR) is 110 cm³/mol. The van der Waals surface area contributed by atoms with Crippen LogP contribution in [0.4, 0.5) is 27.6 Å². The summed E-state index contributed by atoms with van der Waals surface area (Å²) in [6, 6.07) is 9.53. The van der Waals surface area contributed by atoms with Gasteiger partial charge >= 0.3 is 12.8 Å². The molecule has 2 amide bonds. The first-order valence-electron chi connectivity index (χ1n) is 10.1. The zero-order chi connectivity index (χ0) is 24.2. The third-order valence-electron chi connectivity index (χ3n) is 5.34. The number of ether oxygens (including phenoxy) is 1. The second-order valence-electron chi connectivity index (χ2n) is 7.44. The normalized spacial score (nSPS) is 15.9. The Labute approximate surface area is 186 Å². The van der Waals surface area contributed by atoms with Crippen molar-refractivity contribution in [2.24, 2.45) is 0 Å². The molecule has 0 saturated carbocycles. The first-order chi connectivity index (χ1) is 15.6. The number of rotatable bonds is 6. The van der Waals surface area contributed by atoms with Gasteiger partial charge in [0.1, 0.15) is 5.75 Å². The van der Waals surface area contributed by atoms with E-state index in [9.17, 15) is 31.5 Å². The Hall–Kier alpha value is -3.21. The number of anilines is 1. The van der Waals surface area contributed by atoms with Crippen LogP contribution in [-0.2, 0) is 11.0 Å². The van der Waals surface area contributed by atoms with Gasteiger partial charge in [0.25, 0.3) is 5.91 Å². The van der Waals surface area contributed by atoms with Crippen molar-refractivity contribution >= 4 is 17.5 Å². The smallest absolute Gasteiger partial charge is 0.417 e. The van der Waals surface area contributed by atoms with Crippen molar-refractivity contribution in [3.63, 3.8) is 0 Å². The van der Waals surface area contributed by atoms with E-state index in [1.165, 1.54) is 41.3 Å². The average Bonchev–Trinajstić information content (AvgIpc) is 2.78. The molecule has 0 spiro atoms. The number of amides is 2. The highest BCUT2D eigenvalue weighted by molar-refractivity contribution is 5.96. The number of halogens is 5. The standard InChI is InChI=1S/C22H22F5N3O3/c1-14(19(31)28-15-6-8-16(9-7-15)33-21(23)24)29-10-12-30(13-11-29)20(32)17-4-2-3-5-18(17)22(25,26)27/h2-9,14,21H,10-13H2,1H3,(H,28,31). The third-order valence-corrected chi connectivity index (χ3v) is 5.34. The first-order valence-corrected chi connectivity index (χ1v) is 10.1. The predicted octanol–water partition coefficient (Wildman–Crippen LogP) is 4.09. The fourth-order valence-corrected chi connectivity index (χ4v) is 3.53. The van der Waals surface area contributed by atoms with Crippen LogP contribution >= 0.6 is 0 Å². The molecule has 1 atom stereocenters. The first kappa shape index (κ1) is 24.4. The Morgan fingerprint density at radius 3 is 2.15 bits per heavy atom. The molecule has 1 saturated heterocycles. The van der Waals surface area contributed by atoms with E-state index >= 15 is 0 Å². The molecule has 1 N–H and O–H groups in total. The highest BCUT2D eigenvalue weighted by Crippen LogP contribution is 2.32. The molecule has 1 fully saturated rings. The molecule has 0 radical (unpaired) electrons. The van der Waals surface area contributed by atoms with Crippen LogP contribution in [0.25, 0.3) is 0 Å². The minimum atomic E-state index is -4.63. The summed E-state index contributed by atoms with van der Waals surface area (Å²) in [7, 11) is 0. The average molecular weight is 471 g/mol. The summed E-state index contributed by atoms with van der Waals surface area (Å²) in [5.41, 5.74) is -0.982. The van der Waals surface area contributed by atoms with Crippen molar-refractivity contribution in [3.8, 4) is 5.75 Å². The van der Waals surface area contributed by atoms with E-state index < -0.39 is 35.9 Å². The Morgan fingerprint density at radius 2 is 1.58 bits per heavy atom. The van der Waals surface area contributed by atoms with Gasteiger partial charge in [-0.05, 0) is 43.3 Å². The molecule has 1 heterocycles. The maximum Gasteiger partial charge on any atom is 0.417 e. The minimum absolute atomic E-state index is 0.0380. The molecule has 2 aromatic carbocycles. The van der Waals surface area contributed by atoms with Gasteiger partial charge in [-0.25, -0.2) is 0 Å². The van der Waals surface area contributed by atoms with Gasteiger partial charge in [0.05, 0.1) is 17.2 Å². The van der Waals surface area contributed by atoms with Crippen molar-refractivity contribution in [2.45, 2.75) is 25.8 Å². The quantitative estimate of drug-likeness (QED) is 0.645. The summed E-state index contributed by atoms with van der Waals surface area (Å²) >= 11 is 0. The number of carbonyl (C=O) groups is 2. The molecule has 0 bridgehead atoms. The van der Waals surface area contributed by atoms with Crippen molar-refractivity contribution in [3.05, 3.63) is 59.7 Å². The molecule has 1 aliphatic heterocycles. The van der Waals surface area contributed by atoms with Gasteiger partial charge in [-0.3, -0.25) is 14.5 Å². The van der Waals surface area contributed by atoms with Gasteiger partial charge in [0.15, 0.2) is 0 Å². The fraction of sp³-hybridized carbons (Fsp3) is 0.364. The molecule has 2 aromatic rings. The van der Waals surface area contributed by atoms with E-state index in [0.29, 0.717) is 18.8 Å². The lowest BCUT2D eigenvalue weighted by atomic mass is 10.1. The number of carbonyl (C=O) groups excluding carboxylic acids is 2. The number of piperazine rings is 1. The molecular formula is C22H22F5N3O3. The van der Waals surface area contributed by atoms with E-state index in [1.54, 1.807) is 6.92 Å². The summed E-state index contributed by atoms with van der Waals surface area (Å²) in [5.74, 6) is -1.09. The Kier molecular flexibility index (Phi) is 7.52. The molecule has 6 nitrogen and oxygen atoms in total. The third kappa shape index (κ3) is 6.19. The SMILES string of the molecule is CC(C(=O)Nc1ccc(OC(F)F)cc1)N1CCN(C(=O)c2ccccc2C(F)(F)F)CC1. The van der Waals surface area contributed by atoms with Gasteiger partial charge in [0.2, 0.25) is 5.91 Å². The van der Waals surface area contributed by atoms with Gasteiger partial charge in [-0.1, -0.05) is 12.1 Å². The number of benzene rings is 2. The van der Waals surface area contributed by atoms with Crippen molar-refractivity contribution < 1.29 is 36.3 Å². The summed E-state index contributed by atoms with van der Waals surface area (Å²) < 4.78 is 68.4. The summed E-state index contributed by atoms with van der Waals surface area (Å²) in [4.78, 5) is 28.4. The number of alkyl halides is 5. The van der Waals surface area contributed by atoms with Crippen LogP contribution in [0.3, 0.4) is 0 Å². The summed E-state index contributed by atoms with van der Waals surface area (Å²) in [6.45, 7) is -0.339. The molecule has 1 unspecified atom stereocenters. The zero-order valence-electron chi connectivity index (χ0n) is 17.6. The van der Waals surface area contributed by atoms with E-state index in [-0.39, 0.29) is 24.7 Å². The van der Waals surface area contributed by atoms with Gasteiger partial charge < -0.3 is 15.0 Å². The van der Waals surface area contributed by atoms with Crippen LogP contribution in [0.5, 0.6) is 5.75 Å². The summed E-state index contributed by atoms with van der Waals surface area (Å²) in [6.07, 6.45) is -4.63. The van der Waals surface area contributed by atoms with Crippen LogP contribution in [0.2, 0.25) is 0 Å². The molecule has 3 rings (SSSR count). The van der Waals surface area contributed by atoms with Crippen LogP contribution < -0.4 is 10.1 Å². The molecule has 178 valence electrons. The van der Waals surface area contributed by atoms with Gasteiger partial charge in [-0.2, -0.15) is 22.0 Å².